The molecule has 0 radical (unpaired) electrons. The first kappa shape index (κ1) is 19.3. The van der Waals surface area contributed by atoms with Gasteiger partial charge in [0, 0.05) is 5.56 Å². The topological polar surface area (TPSA) is 101 Å². The second-order valence-electron chi connectivity index (χ2n) is 5.45. The Labute approximate surface area is 164 Å². The molecule has 0 atom stereocenters. The Bertz CT molecular complexity index is 1040. The van der Waals surface area contributed by atoms with E-state index in [-0.39, 0.29) is 23.1 Å². The summed E-state index contributed by atoms with van der Waals surface area (Å²) in [7, 11) is 1.49. The van der Waals surface area contributed by atoms with Gasteiger partial charge in [-0.25, -0.2) is 9.82 Å². The van der Waals surface area contributed by atoms with Crippen molar-refractivity contribution in [2.24, 2.45) is 5.10 Å². The number of hydrogen-bond donors (Lipinski definition) is 2. The van der Waals surface area contributed by atoms with Crippen molar-refractivity contribution in [1.82, 2.24) is 15.2 Å². The maximum absolute atomic E-state index is 13.9. The molecule has 0 unspecified atom stereocenters. The van der Waals surface area contributed by atoms with Gasteiger partial charge >= 0.3 is 0 Å². The van der Waals surface area contributed by atoms with Crippen molar-refractivity contribution in [3.8, 4) is 11.5 Å². The van der Waals surface area contributed by atoms with E-state index in [4.69, 9.17) is 21.1 Å². The molecule has 10 heteroatoms. The summed E-state index contributed by atoms with van der Waals surface area (Å²) in [5, 5.41) is 11.4. The average Bonchev–Trinajstić information content (AvgIpc) is 2.68. The van der Waals surface area contributed by atoms with Gasteiger partial charge < -0.3 is 9.47 Å². The molecule has 0 saturated carbocycles. The van der Waals surface area contributed by atoms with Gasteiger partial charge in [0.2, 0.25) is 5.95 Å². The summed E-state index contributed by atoms with van der Waals surface area (Å²) in [6.07, 6.45) is 2.54. The van der Waals surface area contributed by atoms with Crippen LogP contribution in [0.25, 0.3) is 0 Å². The van der Waals surface area contributed by atoms with Crippen molar-refractivity contribution in [1.29, 1.82) is 0 Å². The fourth-order valence-electron chi connectivity index (χ4n) is 2.24. The number of anilines is 1. The standard InChI is InChI=1S/C18H15ClFN5O3/c1-27-16-7-11(8-21-24-18-23-17(26)9-22-25-18)5-6-15(16)28-10-12-13(19)3-2-4-14(12)20/h2-9H,10H2,1H3,(H2,23,24,25,26)/b21-8+. The normalized spacial score (nSPS) is 10.8. The van der Waals surface area contributed by atoms with Gasteiger partial charge in [-0.2, -0.15) is 5.10 Å². The van der Waals surface area contributed by atoms with E-state index in [2.05, 4.69) is 25.7 Å². The van der Waals surface area contributed by atoms with E-state index in [9.17, 15) is 9.18 Å². The number of H-pyrrole nitrogens is 1. The number of rotatable bonds is 7. The first-order valence-electron chi connectivity index (χ1n) is 8.01. The highest BCUT2D eigenvalue weighted by Gasteiger charge is 2.10. The molecule has 2 aromatic carbocycles. The Hall–Kier alpha value is -3.46. The fraction of sp³-hybridized carbons (Fsp3) is 0.111. The first-order valence-corrected chi connectivity index (χ1v) is 8.39. The number of hydrazone groups is 1. The van der Waals surface area contributed by atoms with Gasteiger partial charge in [0.15, 0.2) is 11.5 Å². The smallest absolute Gasteiger partial charge is 0.271 e. The van der Waals surface area contributed by atoms with E-state index in [1.54, 1.807) is 24.3 Å². The summed E-state index contributed by atoms with van der Waals surface area (Å²) in [5.74, 6) is 0.523. The van der Waals surface area contributed by atoms with Crippen LogP contribution in [0.5, 0.6) is 11.5 Å². The van der Waals surface area contributed by atoms with Gasteiger partial charge in [-0.1, -0.05) is 17.7 Å². The average molecular weight is 404 g/mol. The molecule has 28 heavy (non-hydrogen) atoms. The number of nitrogens with zero attached hydrogens (tertiary/aromatic N) is 3. The number of benzene rings is 2. The van der Waals surface area contributed by atoms with Gasteiger partial charge in [0.25, 0.3) is 5.56 Å². The zero-order chi connectivity index (χ0) is 19.9. The third-order valence-electron chi connectivity index (χ3n) is 3.58. The maximum Gasteiger partial charge on any atom is 0.271 e. The van der Waals surface area contributed by atoms with Crippen LogP contribution < -0.4 is 20.5 Å². The Morgan fingerprint density at radius 3 is 2.93 bits per heavy atom. The van der Waals surface area contributed by atoms with Crippen LogP contribution >= 0.6 is 11.6 Å². The largest absolute Gasteiger partial charge is 0.493 e. The highest BCUT2D eigenvalue weighted by Crippen LogP contribution is 2.29. The van der Waals surface area contributed by atoms with Crippen molar-refractivity contribution in [3.05, 3.63) is 74.9 Å². The van der Waals surface area contributed by atoms with Crippen molar-refractivity contribution in [2.75, 3.05) is 12.5 Å². The summed E-state index contributed by atoms with van der Waals surface area (Å²) in [4.78, 5) is 13.6. The SMILES string of the molecule is COc1cc(/C=N/Nc2nncc(=O)[nH]2)ccc1OCc1c(F)cccc1Cl. The van der Waals surface area contributed by atoms with Crippen LogP contribution in [0.1, 0.15) is 11.1 Å². The molecular weight excluding hydrogens is 389 g/mol. The number of hydrogen-bond acceptors (Lipinski definition) is 7. The summed E-state index contributed by atoms with van der Waals surface area (Å²) >= 11 is 6.00. The van der Waals surface area contributed by atoms with Crippen molar-refractivity contribution in [3.63, 3.8) is 0 Å². The number of aromatic amines is 1. The molecule has 1 heterocycles. The first-order chi connectivity index (χ1) is 13.6. The van der Waals surface area contributed by atoms with Crippen LogP contribution in [0.4, 0.5) is 10.3 Å². The minimum absolute atomic E-state index is 0.0447. The quantitative estimate of drug-likeness (QED) is 0.464. The van der Waals surface area contributed by atoms with Crippen LogP contribution in [-0.4, -0.2) is 28.5 Å². The van der Waals surface area contributed by atoms with Crippen LogP contribution in [0.2, 0.25) is 5.02 Å². The maximum atomic E-state index is 13.9. The lowest BCUT2D eigenvalue weighted by Gasteiger charge is -2.12. The summed E-state index contributed by atoms with van der Waals surface area (Å²) in [5.41, 5.74) is 3.11. The molecule has 1 aromatic heterocycles. The number of halogens is 2. The molecule has 0 aliphatic carbocycles. The van der Waals surface area contributed by atoms with Crippen LogP contribution in [0, 0.1) is 5.82 Å². The Morgan fingerprint density at radius 1 is 1.32 bits per heavy atom. The molecule has 0 fully saturated rings. The number of methoxy groups -OCH3 is 1. The van der Waals surface area contributed by atoms with Crippen LogP contribution in [0.15, 0.2) is 52.5 Å². The number of aromatic nitrogens is 3. The third kappa shape index (κ3) is 4.83. The molecule has 144 valence electrons. The van der Waals surface area contributed by atoms with Crippen molar-refractivity contribution < 1.29 is 13.9 Å². The lowest BCUT2D eigenvalue weighted by atomic mass is 10.2. The molecule has 0 amide bonds. The highest BCUT2D eigenvalue weighted by atomic mass is 35.5. The van der Waals surface area contributed by atoms with E-state index < -0.39 is 11.4 Å². The summed E-state index contributed by atoms with van der Waals surface area (Å²) < 4.78 is 24.8. The summed E-state index contributed by atoms with van der Waals surface area (Å²) in [6.45, 7) is -0.0447. The van der Waals surface area contributed by atoms with Crippen molar-refractivity contribution >= 4 is 23.8 Å². The van der Waals surface area contributed by atoms with E-state index in [0.29, 0.717) is 17.1 Å². The Kier molecular flexibility index (Phi) is 6.18. The predicted octanol–water partition coefficient (Wildman–Crippen LogP) is 2.99. The molecule has 0 spiro atoms. The van der Waals surface area contributed by atoms with Crippen molar-refractivity contribution in [2.45, 2.75) is 6.61 Å². The fourth-order valence-corrected chi connectivity index (χ4v) is 2.45. The molecule has 0 saturated heterocycles. The second kappa shape index (κ2) is 8.96. The Morgan fingerprint density at radius 2 is 2.18 bits per heavy atom. The van der Waals surface area contributed by atoms with E-state index in [1.807, 2.05) is 0 Å². The molecular formula is C18H15ClFN5O3. The minimum atomic E-state index is -0.441. The second-order valence-corrected chi connectivity index (χ2v) is 5.86. The monoisotopic (exact) mass is 403 g/mol. The lowest BCUT2D eigenvalue weighted by molar-refractivity contribution is 0.280. The van der Waals surface area contributed by atoms with Gasteiger partial charge in [-0.3, -0.25) is 9.78 Å². The zero-order valence-electron chi connectivity index (χ0n) is 14.6. The van der Waals surface area contributed by atoms with Gasteiger partial charge in [-0.15, -0.1) is 10.2 Å². The van der Waals surface area contributed by atoms with Gasteiger partial charge in [0.1, 0.15) is 18.6 Å². The number of nitrogens with one attached hydrogen (secondary N) is 2. The van der Waals surface area contributed by atoms with Gasteiger partial charge in [-0.05, 0) is 35.9 Å². The molecule has 3 rings (SSSR count). The number of ether oxygens (including phenoxy) is 2. The van der Waals surface area contributed by atoms with E-state index in [0.717, 1.165) is 6.20 Å². The van der Waals surface area contributed by atoms with Crippen LogP contribution in [-0.2, 0) is 6.61 Å². The third-order valence-corrected chi connectivity index (χ3v) is 3.93. The molecule has 2 N–H and O–H groups in total. The minimum Gasteiger partial charge on any atom is -0.493 e. The molecule has 0 aliphatic heterocycles. The molecule has 0 bridgehead atoms. The highest BCUT2D eigenvalue weighted by molar-refractivity contribution is 6.31. The molecule has 3 aromatic rings. The predicted molar refractivity (Wildman–Crippen MR) is 103 cm³/mol. The van der Waals surface area contributed by atoms with E-state index >= 15 is 0 Å². The van der Waals surface area contributed by atoms with E-state index in [1.165, 1.54) is 25.5 Å². The molecule has 0 aliphatic rings. The zero-order valence-corrected chi connectivity index (χ0v) is 15.4. The van der Waals surface area contributed by atoms with Crippen LogP contribution in [0.3, 0.4) is 0 Å². The van der Waals surface area contributed by atoms with Gasteiger partial charge in [0.05, 0.1) is 18.3 Å². The molecule has 8 nitrogen and oxygen atoms in total. The Balaban J connectivity index is 1.69. The summed E-state index contributed by atoms with van der Waals surface area (Å²) in [6, 6.07) is 9.52. The lowest BCUT2D eigenvalue weighted by Crippen LogP contribution is -2.10.